The van der Waals surface area contributed by atoms with Gasteiger partial charge in [0.1, 0.15) is 24.4 Å². The number of rotatable bonds is 15. The van der Waals surface area contributed by atoms with E-state index in [0.29, 0.717) is 12.0 Å². The molecule has 0 saturated carbocycles. The van der Waals surface area contributed by atoms with Gasteiger partial charge in [-0.1, -0.05) is 86.6 Å². The number of aromatic hydroxyl groups is 1. The highest BCUT2D eigenvalue weighted by atomic mass is 16.5. The molecule has 4 N–H and O–H groups in total. The summed E-state index contributed by atoms with van der Waals surface area (Å²) in [4.78, 5) is 53.7. The molecule has 1 heterocycles. The molecule has 0 spiro atoms. The van der Waals surface area contributed by atoms with Crippen molar-refractivity contribution in [2.24, 2.45) is 5.92 Å². The van der Waals surface area contributed by atoms with Gasteiger partial charge in [-0.3, -0.25) is 14.4 Å². The molecule has 0 fully saturated rings. The number of alkyl carbamates (subject to hydrolysis) is 1. The summed E-state index contributed by atoms with van der Waals surface area (Å²) in [6.45, 7) is 3.88. The van der Waals surface area contributed by atoms with E-state index in [1.165, 1.54) is 24.5 Å². The van der Waals surface area contributed by atoms with Crippen LogP contribution in [0, 0.1) is 5.92 Å². The molecule has 0 radical (unpaired) electrons. The van der Waals surface area contributed by atoms with E-state index in [0.717, 1.165) is 11.1 Å². The Morgan fingerprint density at radius 1 is 0.674 bits per heavy atom. The number of hydrogen-bond donors (Lipinski definition) is 4. The zero-order chi connectivity index (χ0) is 32.9. The van der Waals surface area contributed by atoms with Crippen LogP contribution in [0.2, 0.25) is 0 Å². The number of carbonyl (C=O) groups is 4. The topological polar surface area (TPSA) is 147 Å². The first-order valence-electron chi connectivity index (χ1n) is 15.2. The summed E-state index contributed by atoms with van der Waals surface area (Å²) in [6.07, 6.45) is 1.13. The number of phenolic OH excluding ortho intramolecular Hbond substituents is 1. The molecular weight excluding hydrogens is 586 g/mol. The molecule has 0 aliphatic carbocycles. The van der Waals surface area contributed by atoms with Crippen molar-refractivity contribution in [3.05, 3.63) is 126 Å². The highest BCUT2D eigenvalue weighted by Gasteiger charge is 2.31. The average Bonchev–Trinajstić information content (AvgIpc) is 3.59. The van der Waals surface area contributed by atoms with Gasteiger partial charge in [-0.25, -0.2) is 4.79 Å². The fraction of sp³-hybridized carbons (Fsp3) is 0.278. The van der Waals surface area contributed by atoms with Crippen LogP contribution in [0.3, 0.4) is 0 Å². The van der Waals surface area contributed by atoms with E-state index in [1.807, 2.05) is 74.5 Å². The molecule has 4 aromatic rings. The number of phenols is 1. The fourth-order valence-corrected chi connectivity index (χ4v) is 4.88. The van der Waals surface area contributed by atoms with Crippen LogP contribution < -0.4 is 16.0 Å². The van der Waals surface area contributed by atoms with Crippen LogP contribution in [0.25, 0.3) is 0 Å². The molecule has 0 saturated heterocycles. The van der Waals surface area contributed by atoms with Gasteiger partial charge < -0.3 is 30.2 Å². The Bertz CT molecular complexity index is 1560. The van der Waals surface area contributed by atoms with Crippen molar-refractivity contribution in [3.8, 4) is 5.75 Å². The maximum absolute atomic E-state index is 13.8. The number of Topliss-reactive ketones (excluding diaryl/α,β-unsaturated/α-hetero) is 1. The molecule has 1 aromatic heterocycles. The molecule has 0 bridgehead atoms. The lowest BCUT2D eigenvalue weighted by Gasteiger charge is -2.26. The van der Waals surface area contributed by atoms with Crippen molar-refractivity contribution in [1.82, 2.24) is 16.0 Å². The van der Waals surface area contributed by atoms with Gasteiger partial charge in [0.2, 0.25) is 17.6 Å². The molecule has 3 atom stereocenters. The summed E-state index contributed by atoms with van der Waals surface area (Å²) in [5.41, 5.74) is 2.23. The van der Waals surface area contributed by atoms with Gasteiger partial charge in [-0.05, 0) is 53.3 Å². The van der Waals surface area contributed by atoms with E-state index >= 15 is 0 Å². The number of amides is 3. The summed E-state index contributed by atoms with van der Waals surface area (Å²) in [7, 11) is 0. The minimum absolute atomic E-state index is 0.0131. The number of nitrogens with one attached hydrogen (secondary N) is 3. The average molecular weight is 626 g/mol. The van der Waals surface area contributed by atoms with E-state index in [-0.39, 0.29) is 42.7 Å². The minimum Gasteiger partial charge on any atom is -0.508 e. The third-order valence-electron chi connectivity index (χ3n) is 7.22. The number of carbonyl (C=O) groups excluding carboxylic acids is 4. The summed E-state index contributed by atoms with van der Waals surface area (Å²) >= 11 is 0. The van der Waals surface area contributed by atoms with Crippen molar-refractivity contribution in [1.29, 1.82) is 0 Å². The predicted molar refractivity (Wildman–Crippen MR) is 172 cm³/mol. The standard InChI is InChI=1S/C36H39N3O7/c1-24(2)20-29(33(41)32-14-9-19-45-32)37-34(42)30(22-26-15-17-28(40)18-16-26)38-35(43)31(21-25-10-5-3-6-11-25)39-36(44)46-23-27-12-7-4-8-13-27/h3-19,24,29-31,40H,20-23H2,1-2H3,(H,37,42)(H,38,43)(H,39,44)/t29-,30-,31-/m0/s1. The van der Waals surface area contributed by atoms with Crippen molar-refractivity contribution >= 4 is 23.7 Å². The summed E-state index contributed by atoms with van der Waals surface area (Å²) in [5.74, 6) is -1.35. The molecule has 3 amide bonds. The molecular formula is C36H39N3O7. The first-order chi connectivity index (χ1) is 22.2. The van der Waals surface area contributed by atoms with Gasteiger partial charge >= 0.3 is 6.09 Å². The number of ether oxygens (including phenoxy) is 1. The van der Waals surface area contributed by atoms with Crippen LogP contribution in [0.15, 0.2) is 108 Å². The van der Waals surface area contributed by atoms with E-state index in [2.05, 4.69) is 16.0 Å². The normalized spacial score (nSPS) is 12.8. The Morgan fingerprint density at radius 2 is 1.22 bits per heavy atom. The van der Waals surface area contributed by atoms with Crippen molar-refractivity contribution < 1.29 is 33.4 Å². The second-order valence-electron chi connectivity index (χ2n) is 11.4. The summed E-state index contributed by atoms with van der Waals surface area (Å²) in [6, 6.07) is 24.6. The number of ketones is 1. The third-order valence-corrected chi connectivity index (χ3v) is 7.22. The minimum atomic E-state index is -1.13. The molecule has 46 heavy (non-hydrogen) atoms. The largest absolute Gasteiger partial charge is 0.508 e. The van der Waals surface area contributed by atoms with Crippen LogP contribution in [0.1, 0.15) is 47.5 Å². The lowest BCUT2D eigenvalue weighted by Crippen LogP contribution is -2.57. The van der Waals surface area contributed by atoms with Gasteiger partial charge in [-0.2, -0.15) is 0 Å². The molecule has 0 aliphatic heterocycles. The number of furan rings is 1. The van der Waals surface area contributed by atoms with Gasteiger partial charge in [0, 0.05) is 12.8 Å². The zero-order valence-electron chi connectivity index (χ0n) is 25.8. The maximum atomic E-state index is 13.8. The number of hydrogen-bond acceptors (Lipinski definition) is 7. The van der Waals surface area contributed by atoms with Crippen LogP contribution >= 0.6 is 0 Å². The van der Waals surface area contributed by atoms with Gasteiger partial charge in [-0.15, -0.1) is 0 Å². The number of benzene rings is 3. The summed E-state index contributed by atoms with van der Waals surface area (Å²) < 4.78 is 10.7. The molecule has 0 unspecified atom stereocenters. The molecule has 10 heteroatoms. The zero-order valence-corrected chi connectivity index (χ0v) is 25.8. The maximum Gasteiger partial charge on any atom is 0.408 e. The highest BCUT2D eigenvalue weighted by Crippen LogP contribution is 2.15. The van der Waals surface area contributed by atoms with Crippen molar-refractivity contribution in [3.63, 3.8) is 0 Å². The van der Waals surface area contributed by atoms with Crippen molar-refractivity contribution in [2.45, 2.75) is 57.8 Å². The second kappa shape index (κ2) is 16.6. The highest BCUT2D eigenvalue weighted by molar-refractivity contribution is 6.01. The quantitative estimate of drug-likeness (QED) is 0.137. The van der Waals surface area contributed by atoms with Gasteiger partial charge in [0.15, 0.2) is 5.76 Å². The lowest BCUT2D eigenvalue weighted by atomic mass is 9.97. The Hall–Kier alpha value is -5.38. The Kier molecular flexibility index (Phi) is 12.1. The second-order valence-corrected chi connectivity index (χ2v) is 11.4. The smallest absolute Gasteiger partial charge is 0.408 e. The first-order valence-corrected chi connectivity index (χ1v) is 15.2. The molecule has 240 valence electrons. The molecule has 10 nitrogen and oxygen atoms in total. The van der Waals surface area contributed by atoms with Crippen molar-refractivity contribution in [2.75, 3.05) is 0 Å². The first kappa shape index (κ1) is 33.5. The van der Waals surface area contributed by atoms with E-state index in [1.54, 1.807) is 18.2 Å². The van der Waals surface area contributed by atoms with Crippen LogP contribution in [0.5, 0.6) is 5.75 Å². The van der Waals surface area contributed by atoms with Crippen LogP contribution in [-0.2, 0) is 33.8 Å². The van der Waals surface area contributed by atoms with Gasteiger partial charge in [0.25, 0.3) is 0 Å². The van der Waals surface area contributed by atoms with E-state index < -0.39 is 36.0 Å². The monoisotopic (exact) mass is 625 g/mol. The fourth-order valence-electron chi connectivity index (χ4n) is 4.88. The molecule has 4 rings (SSSR count). The van der Waals surface area contributed by atoms with E-state index in [4.69, 9.17) is 9.15 Å². The Labute approximate surface area is 268 Å². The third kappa shape index (κ3) is 10.4. The van der Waals surface area contributed by atoms with Crippen LogP contribution in [-0.4, -0.2) is 46.9 Å². The van der Waals surface area contributed by atoms with Crippen LogP contribution in [0.4, 0.5) is 4.79 Å². The SMILES string of the molecule is CC(C)C[C@H](NC(=O)[C@H](Cc1ccc(O)cc1)NC(=O)[C@H](Cc1ccccc1)NC(=O)OCc1ccccc1)C(=O)c1ccco1. The predicted octanol–water partition coefficient (Wildman–Crippen LogP) is 4.96. The van der Waals surface area contributed by atoms with Gasteiger partial charge in [0.05, 0.1) is 12.3 Å². The van der Waals surface area contributed by atoms with E-state index in [9.17, 15) is 24.3 Å². The molecule has 0 aliphatic rings. The molecule has 3 aromatic carbocycles. The Morgan fingerprint density at radius 3 is 1.78 bits per heavy atom. The summed E-state index contributed by atoms with van der Waals surface area (Å²) in [5, 5.41) is 18.0. The Balaban J connectivity index is 1.55. The lowest BCUT2D eigenvalue weighted by molar-refractivity contribution is -0.130.